The summed E-state index contributed by atoms with van der Waals surface area (Å²) in [5.74, 6) is -1.12. The summed E-state index contributed by atoms with van der Waals surface area (Å²) in [5.41, 5.74) is 6.85. The molecule has 2 aromatic rings. The molecule has 0 spiro atoms. The summed E-state index contributed by atoms with van der Waals surface area (Å²) in [6.07, 6.45) is 0.120. The molecule has 0 saturated heterocycles. The van der Waals surface area contributed by atoms with Crippen molar-refractivity contribution in [2.24, 2.45) is 5.73 Å². The van der Waals surface area contributed by atoms with E-state index in [0.29, 0.717) is 17.8 Å². The number of urea groups is 1. The molecule has 148 valence electrons. The first kappa shape index (κ1) is 20.9. The van der Waals surface area contributed by atoms with Crippen molar-refractivity contribution in [1.29, 1.82) is 0 Å². The number of rotatable bonds is 8. The molecule has 0 saturated carbocycles. The Hall–Kier alpha value is -3.42. The molecule has 0 bridgehead atoms. The Labute approximate surface area is 162 Å². The summed E-state index contributed by atoms with van der Waals surface area (Å²) in [6.45, 7) is 2.78. The first-order valence-corrected chi connectivity index (χ1v) is 8.86. The lowest BCUT2D eigenvalue weighted by Gasteiger charge is -2.21. The molecule has 0 atom stereocenters. The van der Waals surface area contributed by atoms with Crippen LogP contribution in [0, 0.1) is 5.82 Å². The van der Waals surface area contributed by atoms with Gasteiger partial charge >= 0.3 is 6.03 Å². The van der Waals surface area contributed by atoms with Crippen LogP contribution in [0.3, 0.4) is 0 Å². The van der Waals surface area contributed by atoms with E-state index in [1.54, 1.807) is 24.3 Å². The van der Waals surface area contributed by atoms with Crippen LogP contribution in [0.1, 0.15) is 29.3 Å². The highest BCUT2D eigenvalue weighted by molar-refractivity contribution is 5.94. The molecule has 2 aromatic carbocycles. The fourth-order valence-corrected chi connectivity index (χ4v) is 2.47. The zero-order valence-corrected chi connectivity index (χ0v) is 15.6. The third kappa shape index (κ3) is 6.39. The Kier molecular flexibility index (Phi) is 7.50. The van der Waals surface area contributed by atoms with E-state index in [9.17, 15) is 18.8 Å². The minimum absolute atomic E-state index is 0.120. The number of primary amides is 1. The third-order valence-corrected chi connectivity index (χ3v) is 4.09. The molecule has 8 heteroatoms. The normalized spacial score (nSPS) is 10.2. The second-order valence-corrected chi connectivity index (χ2v) is 6.10. The van der Waals surface area contributed by atoms with Gasteiger partial charge in [0.15, 0.2) is 0 Å². The maximum Gasteiger partial charge on any atom is 0.317 e. The van der Waals surface area contributed by atoms with Gasteiger partial charge in [-0.1, -0.05) is 12.1 Å². The molecule has 2 rings (SSSR count). The highest BCUT2D eigenvalue weighted by Crippen LogP contribution is 2.10. The number of hydrogen-bond acceptors (Lipinski definition) is 3. The van der Waals surface area contributed by atoms with Crippen LogP contribution in [0.4, 0.5) is 14.9 Å². The quantitative estimate of drug-likeness (QED) is 0.649. The van der Waals surface area contributed by atoms with Crippen LogP contribution in [0.2, 0.25) is 0 Å². The Morgan fingerprint density at radius 3 is 2.25 bits per heavy atom. The predicted octanol–water partition coefficient (Wildman–Crippen LogP) is 2.48. The van der Waals surface area contributed by atoms with Crippen molar-refractivity contribution in [3.05, 3.63) is 65.5 Å². The lowest BCUT2D eigenvalue weighted by molar-refractivity contribution is -0.116. The van der Waals surface area contributed by atoms with Gasteiger partial charge in [0.05, 0.1) is 0 Å². The maximum absolute atomic E-state index is 12.9. The molecule has 4 amide bonds. The summed E-state index contributed by atoms with van der Waals surface area (Å²) in [5, 5.41) is 5.45. The highest BCUT2D eigenvalue weighted by atomic mass is 19.1. The highest BCUT2D eigenvalue weighted by Gasteiger charge is 2.13. The summed E-state index contributed by atoms with van der Waals surface area (Å²) in [7, 11) is 0. The van der Waals surface area contributed by atoms with E-state index in [2.05, 4.69) is 10.6 Å². The molecule has 0 aliphatic rings. The number of amides is 4. The van der Waals surface area contributed by atoms with Crippen molar-refractivity contribution in [1.82, 2.24) is 10.2 Å². The first-order valence-electron chi connectivity index (χ1n) is 8.86. The molecule has 0 fully saturated rings. The van der Waals surface area contributed by atoms with Crippen LogP contribution in [-0.2, 0) is 11.3 Å². The van der Waals surface area contributed by atoms with Gasteiger partial charge in [0.1, 0.15) is 5.82 Å². The molecule has 0 radical (unpaired) electrons. The number of benzene rings is 2. The number of anilines is 1. The Morgan fingerprint density at radius 2 is 1.68 bits per heavy atom. The monoisotopic (exact) mass is 386 g/mol. The maximum atomic E-state index is 12.9. The van der Waals surface area contributed by atoms with E-state index in [-0.39, 0.29) is 37.3 Å². The second kappa shape index (κ2) is 10.1. The summed E-state index contributed by atoms with van der Waals surface area (Å²) in [4.78, 5) is 36.9. The van der Waals surface area contributed by atoms with Gasteiger partial charge in [-0.2, -0.15) is 0 Å². The van der Waals surface area contributed by atoms with Crippen molar-refractivity contribution >= 4 is 23.5 Å². The van der Waals surface area contributed by atoms with E-state index in [0.717, 1.165) is 5.56 Å². The Balaban J connectivity index is 1.79. The molecule has 0 aliphatic heterocycles. The van der Waals surface area contributed by atoms with Crippen LogP contribution < -0.4 is 16.4 Å². The predicted molar refractivity (Wildman–Crippen MR) is 104 cm³/mol. The van der Waals surface area contributed by atoms with Crippen LogP contribution >= 0.6 is 0 Å². The number of halogens is 1. The van der Waals surface area contributed by atoms with E-state index in [1.165, 1.54) is 29.2 Å². The summed E-state index contributed by atoms with van der Waals surface area (Å²) in [6, 6.07) is 11.8. The molecular formula is C20H23FN4O3. The third-order valence-electron chi connectivity index (χ3n) is 4.09. The van der Waals surface area contributed by atoms with Crippen LogP contribution in [0.15, 0.2) is 48.5 Å². The van der Waals surface area contributed by atoms with Gasteiger partial charge < -0.3 is 21.3 Å². The fourth-order valence-electron chi connectivity index (χ4n) is 2.47. The molecule has 28 heavy (non-hydrogen) atoms. The average molecular weight is 386 g/mol. The van der Waals surface area contributed by atoms with E-state index < -0.39 is 5.91 Å². The number of carbonyl (C=O) groups is 3. The molecule has 7 nitrogen and oxygen atoms in total. The number of nitrogens with zero attached hydrogens (tertiary/aromatic N) is 1. The molecule has 0 aromatic heterocycles. The zero-order valence-electron chi connectivity index (χ0n) is 15.6. The minimum atomic E-state index is -0.539. The van der Waals surface area contributed by atoms with Crippen molar-refractivity contribution in [2.75, 3.05) is 18.4 Å². The van der Waals surface area contributed by atoms with Gasteiger partial charge in [-0.3, -0.25) is 9.59 Å². The lowest BCUT2D eigenvalue weighted by Crippen LogP contribution is -2.41. The minimum Gasteiger partial charge on any atom is -0.366 e. The topological polar surface area (TPSA) is 105 Å². The van der Waals surface area contributed by atoms with Crippen LogP contribution in [0.5, 0.6) is 0 Å². The van der Waals surface area contributed by atoms with Gasteiger partial charge in [0.2, 0.25) is 11.8 Å². The smallest absolute Gasteiger partial charge is 0.317 e. The fraction of sp³-hybridized carbons (Fsp3) is 0.250. The number of hydrogen-bond donors (Lipinski definition) is 3. The number of carbonyl (C=O) groups excluding carboxylic acids is 3. The van der Waals surface area contributed by atoms with Gasteiger partial charge in [-0.25, -0.2) is 9.18 Å². The van der Waals surface area contributed by atoms with Gasteiger partial charge in [0, 0.05) is 37.3 Å². The second-order valence-electron chi connectivity index (χ2n) is 6.10. The number of nitrogens with one attached hydrogen (secondary N) is 2. The molecule has 0 heterocycles. The average Bonchev–Trinajstić information content (AvgIpc) is 2.68. The SMILES string of the molecule is CCN(CCC(=O)Nc1ccc(C(N)=O)cc1)C(=O)NCc1ccc(F)cc1. The van der Waals surface area contributed by atoms with Crippen molar-refractivity contribution in [3.8, 4) is 0 Å². The summed E-state index contributed by atoms with van der Waals surface area (Å²) < 4.78 is 12.9. The molecule has 4 N–H and O–H groups in total. The van der Waals surface area contributed by atoms with Gasteiger partial charge in [0.25, 0.3) is 0 Å². The van der Waals surface area contributed by atoms with E-state index in [1.807, 2.05) is 6.92 Å². The van der Waals surface area contributed by atoms with Gasteiger partial charge in [-0.05, 0) is 48.9 Å². The molecular weight excluding hydrogens is 363 g/mol. The van der Waals surface area contributed by atoms with Crippen molar-refractivity contribution < 1.29 is 18.8 Å². The van der Waals surface area contributed by atoms with E-state index in [4.69, 9.17) is 5.73 Å². The van der Waals surface area contributed by atoms with Crippen molar-refractivity contribution in [3.63, 3.8) is 0 Å². The lowest BCUT2D eigenvalue weighted by atomic mass is 10.2. The van der Waals surface area contributed by atoms with Crippen LogP contribution in [-0.4, -0.2) is 35.8 Å². The van der Waals surface area contributed by atoms with Crippen molar-refractivity contribution in [2.45, 2.75) is 19.9 Å². The Bertz CT molecular complexity index is 822. The van der Waals surface area contributed by atoms with Crippen LogP contribution in [0.25, 0.3) is 0 Å². The number of nitrogens with two attached hydrogens (primary N) is 1. The van der Waals surface area contributed by atoms with E-state index >= 15 is 0 Å². The largest absolute Gasteiger partial charge is 0.366 e. The standard InChI is InChI=1S/C20H23FN4O3/c1-2-25(20(28)23-13-14-3-7-16(21)8-4-14)12-11-18(26)24-17-9-5-15(6-10-17)19(22)27/h3-10H,2,11-13H2,1H3,(H2,22,27)(H,23,28)(H,24,26). The zero-order chi connectivity index (χ0) is 20.5. The first-order chi connectivity index (χ1) is 13.4. The Morgan fingerprint density at radius 1 is 1.04 bits per heavy atom. The van der Waals surface area contributed by atoms with Gasteiger partial charge in [-0.15, -0.1) is 0 Å². The summed E-state index contributed by atoms with van der Waals surface area (Å²) >= 11 is 0. The molecule has 0 unspecified atom stereocenters. The molecule has 0 aliphatic carbocycles.